The summed E-state index contributed by atoms with van der Waals surface area (Å²) in [5, 5.41) is 5.76. The topological polar surface area (TPSA) is 87.7 Å². The fourth-order valence-corrected chi connectivity index (χ4v) is 3.96. The van der Waals surface area contributed by atoms with Gasteiger partial charge in [-0.25, -0.2) is 4.79 Å². The number of amides is 3. The highest BCUT2D eigenvalue weighted by molar-refractivity contribution is 5.92. The van der Waals surface area contributed by atoms with Crippen LogP contribution in [0.3, 0.4) is 0 Å². The molecule has 0 aliphatic heterocycles. The van der Waals surface area contributed by atoms with Crippen molar-refractivity contribution in [2.24, 2.45) is 5.92 Å². The first kappa shape index (κ1) is 28.9. The van der Waals surface area contributed by atoms with E-state index in [4.69, 9.17) is 4.74 Å². The molecule has 0 saturated carbocycles. The number of benzene rings is 2. The van der Waals surface area contributed by atoms with Crippen molar-refractivity contribution in [1.82, 2.24) is 15.5 Å². The van der Waals surface area contributed by atoms with Crippen molar-refractivity contribution < 1.29 is 19.1 Å². The summed E-state index contributed by atoms with van der Waals surface area (Å²) in [5.74, 6) is -0.801. The molecule has 0 aliphatic rings. The average molecular weight is 496 g/mol. The molecule has 0 bridgehead atoms. The van der Waals surface area contributed by atoms with E-state index in [1.54, 1.807) is 25.7 Å². The fourth-order valence-electron chi connectivity index (χ4n) is 3.96. The highest BCUT2D eigenvalue weighted by Crippen LogP contribution is 2.27. The van der Waals surface area contributed by atoms with Crippen LogP contribution in [0.25, 0.3) is 0 Å². The van der Waals surface area contributed by atoms with Gasteiger partial charge in [-0.05, 0) is 56.7 Å². The lowest BCUT2D eigenvalue weighted by atomic mass is 9.96. The quantitative estimate of drug-likeness (QED) is 0.478. The Morgan fingerprint density at radius 2 is 1.58 bits per heavy atom. The third-order valence-electron chi connectivity index (χ3n) is 5.71. The second kappa shape index (κ2) is 13.1. The van der Waals surface area contributed by atoms with Gasteiger partial charge in [0.25, 0.3) is 0 Å². The Bertz CT molecular complexity index is 1010. The molecular formula is C29H41N3O4. The number of ether oxygens (including phenoxy) is 1. The van der Waals surface area contributed by atoms with Gasteiger partial charge in [0, 0.05) is 13.1 Å². The van der Waals surface area contributed by atoms with E-state index in [1.807, 2.05) is 82.3 Å². The van der Waals surface area contributed by atoms with Gasteiger partial charge in [-0.1, -0.05) is 75.4 Å². The van der Waals surface area contributed by atoms with E-state index in [-0.39, 0.29) is 17.7 Å². The third-order valence-corrected chi connectivity index (χ3v) is 5.71. The Hall–Kier alpha value is -3.35. The molecule has 2 aromatic rings. The molecular weight excluding hydrogens is 454 g/mol. The lowest BCUT2D eigenvalue weighted by Gasteiger charge is -2.36. The van der Waals surface area contributed by atoms with Crippen molar-refractivity contribution >= 4 is 17.9 Å². The van der Waals surface area contributed by atoms with E-state index in [1.165, 1.54) is 0 Å². The zero-order valence-electron chi connectivity index (χ0n) is 22.6. The lowest BCUT2D eigenvalue weighted by molar-refractivity contribution is -0.143. The Morgan fingerprint density at radius 1 is 0.972 bits per heavy atom. The van der Waals surface area contributed by atoms with Crippen molar-refractivity contribution in [3.8, 4) is 0 Å². The van der Waals surface area contributed by atoms with E-state index in [9.17, 15) is 14.4 Å². The molecule has 0 fully saturated rings. The average Bonchev–Trinajstić information content (AvgIpc) is 2.81. The molecule has 2 unspecified atom stereocenters. The van der Waals surface area contributed by atoms with Crippen LogP contribution < -0.4 is 10.6 Å². The summed E-state index contributed by atoms with van der Waals surface area (Å²) in [7, 11) is 0. The molecule has 0 saturated heterocycles. The maximum atomic E-state index is 14.0. The minimum Gasteiger partial charge on any atom is -0.444 e. The summed E-state index contributed by atoms with van der Waals surface area (Å²) in [4.78, 5) is 41.8. The van der Waals surface area contributed by atoms with Gasteiger partial charge in [-0.15, -0.1) is 0 Å². The van der Waals surface area contributed by atoms with E-state index in [0.717, 1.165) is 16.7 Å². The first-order valence-corrected chi connectivity index (χ1v) is 12.6. The molecule has 36 heavy (non-hydrogen) atoms. The molecule has 0 aromatic heterocycles. The number of alkyl carbamates (subject to hydrolysis) is 1. The van der Waals surface area contributed by atoms with Gasteiger partial charge in [0.1, 0.15) is 17.7 Å². The molecule has 0 heterocycles. The second-order valence-corrected chi connectivity index (χ2v) is 10.4. The van der Waals surface area contributed by atoms with E-state index in [0.29, 0.717) is 19.5 Å². The van der Waals surface area contributed by atoms with Crippen molar-refractivity contribution in [3.05, 3.63) is 71.3 Å². The number of carbonyl (C=O) groups excluding carboxylic acids is 3. The van der Waals surface area contributed by atoms with Crippen LogP contribution in [0.4, 0.5) is 4.79 Å². The largest absolute Gasteiger partial charge is 0.444 e. The first-order chi connectivity index (χ1) is 16.9. The number of hydrogen-bond acceptors (Lipinski definition) is 4. The number of carbonyl (C=O) groups is 3. The number of nitrogens with one attached hydrogen (secondary N) is 2. The van der Waals surface area contributed by atoms with Crippen LogP contribution in [0.2, 0.25) is 0 Å². The Balaban J connectivity index is 2.42. The molecule has 3 amide bonds. The van der Waals surface area contributed by atoms with Gasteiger partial charge in [-0.2, -0.15) is 0 Å². The van der Waals surface area contributed by atoms with Crippen LogP contribution in [0, 0.1) is 12.8 Å². The van der Waals surface area contributed by atoms with Gasteiger partial charge < -0.3 is 20.3 Å². The standard InChI is InChI=1S/C29H41N3O4/c1-8-18-32(27(34)24(20(2)3)31-28(35)36-29(5,6)7)25(23-17-13-12-14-21(23)4)26(33)30-19-22-15-10-9-11-16-22/h9-17,20,24-25H,8,18-19H2,1-7H3,(H,30,33)(H,31,35). The maximum Gasteiger partial charge on any atom is 0.408 e. The van der Waals surface area contributed by atoms with E-state index in [2.05, 4.69) is 10.6 Å². The SMILES string of the molecule is CCCN(C(=O)C(NC(=O)OC(C)(C)C)C(C)C)C(C(=O)NCc1ccccc1)c1ccccc1C. The predicted molar refractivity (Wildman–Crippen MR) is 142 cm³/mol. The van der Waals surface area contributed by atoms with Crippen LogP contribution in [-0.4, -0.2) is 41.0 Å². The van der Waals surface area contributed by atoms with Gasteiger partial charge >= 0.3 is 6.09 Å². The van der Waals surface area contributed by atoms with Crippen LogP contribution in [0.1, 0.15) is 70.7 Å². The minimum absolute atomic E-state index is 0.214. The van der Waals surface area contributed by atoms with Crippen molar-refractivity contribution in [3.63, 3.8) is 0 Å². The third kappa shape index (κ3) is 8.40. The summed E-state index contributed by atoms with van der Waals surface area (Å²) >= 11 is 0. The number of aryl methyl sites for hydroxylation is 1. The van der Waals surface area contributed by atoms with Gasteiger partial charge in [-0.3, -0.25) is 9.59 Å². The van der Waals surface area contributed by atoms with Crippen LogP contribution >= 0.6 is 0 Å². The van der Waals surface area contributed by atoms with Gasteiger partial charge in [0.05, 0.1) is 0 Å². The van der Waals surface area contributed by atoms with E-state index < -0.39 is 23.8 Å². The smallest absolute Gasteiger partial charge is 0.408 e. The van der Waals surface area contributed by atoms with Crippen molar-refractivity contribution in [2.45, 2.75) is 79.1 Å². The van der Waals surface area contributed by atoms with Crippen molar-refractivity contribution in [2.75, 3.05) is 6.54 Å². The summed E-state index contributed by atoms with van der Waals surface area (Å²) < 4.78 is 5.41. The fraction of sp³-hybridized carbons (Fsp3) is 0.483. The predicted octanol–water partition coefficient (Wildman–Crippen LogP) is 5.14. The molecule has 2 aromatic carbocycles. The van der Waals surface area contributed by atoms with E-state index >= 15 is 0 Å². The molecule has 2 atom stereocenters. The molecule has 7 nitrogen and oxygen atoms in total. The van der Waals surface area contributed by atoms with Crippen LogP contribution in [0.5, 0.6) is 0 Å². The molecule has 2 rings (SSSR count). The molecule has 196 valence electrons. The molecule has 0 spiro atoms. The Morgan fingerprint density at radius 3 is 2.14 bits per heavy atom. The summed E-state index contributed by atoms with van der Waals surface area (Å²) in [6.45, 7) is 13.6. The van der Waals surface area contributed by atoms with Gasteiger partial charge in [0.15, 0.2) is 0 Å². The highest BCUT2D eigenvalue weighted by Gasteiger charge is 2.37. The molecule has 2 N–H and O–H groups in total. The molecule has 7 heteroatoms. The Kier molecular flexibility index (Phi) is 10.5. The summed E-state index contributed by atoms with van der Waals surface area (Å²) in [5.41, 5.74) is 1.94. The minimum atomic E-state index is -0.847. The second-order valence-electron chi connectivity index (χ2n) is 10.4. The normalized spacial score (nSPS) is 13.0. The number of hydrogen-bond donors (Lipinski definition) is 2. The monoisotopic (exact) mass is 495 g/mol. The molecule has 0 aliphatic carbocycles. The van der Waals surface area contributed by atoms with Crippen molar-refractivity contribution in [1.29, 1.82) is 0 Å². The van der Waals surface area contributed by atoms with Gasteiger partial charge in [0.2, 0.25) is 11.8 Å². The maximum absolute atomic E-state index is 14.0. The highest BCUT2D eigenvalue weighted by atomic mass is 16.6. The molecule has 0 radical (unpaired) electrons. The van der Waals surface area contributed by atoms with Crippen LogP contribution in [-0.2, 0) is 20.9 Å². The zero-order valence-corrected chi connectivity index (χ0v) is 22.6. The first-order valence-electron chi connectivity index (χ1n) is 12.6. The summed E-state index contributed by atoms with van der Waals surface area (Å²) in [6, 6.07) is 15.5. The Labute approximate surface area is 215 Å². The summed E-state index contributed by atoms with van der Waals surface area (Å²) in [6.07, 6.45) is -0.0101. The lowest BCUT2D eigenvalue weighted by Crippen LogP contribution is -2.55. The zero-order chi connectivity index (χ0) is 26.9. The number of rotatable bonds is 10. The number of nitrogens with zero attached hydrogens (tertiary/aromatic N) is 1. The van der Waals surface area contributed by atoms with Crippen LogP contribution in [0.15, 0.2) is 54.6 Å².